The highest BCUT2D eigenvalue weighted by atomic mass is 32.1. The Morgan fingerprint density at radius 3 is 2.55 bits per heavy atom. The molecule has 0 bridgehead atoms. The van der Waals surface area contributed by atoms with Crippen LogP contribution in [0.4, 0.5) is 20.7 Å². The zero-order chi connectivity index (χ0) is 33.9. The van der Waals surface area contributed by atoms with Crippen LogP contribution >= 0.6 is 11.3 Å². The average molecular weight is 705 g/mol. The van der Waals surface area contributed by atoms with Crippen molar-refractivity contribution in [2.45, 2.75) is 39.0 Å². The van der Waals surface area contributed by atoms with Crippen molar-refractivity contribution in [3.63, 3.8) is 0 Å². The Kier molecular flexibility index (Phi) is 9.79. The van der Waals surface area contributed by atoms with E-state index in [-0.39, 0.29) is 18.8 Å². The summed E-state index contributed by atoms with van der Waals surface area (Å²) in [5.41, 5.74) is 4.59. The van der Waals surface area contributed by atoms with Gasteiger partial charge in [-0.3, -0.25) is 4.98 Å². The molecular formula is C33H36F2N9O3SSi. The predicted molar refractivity (Wildman–Crippen MR) is 186 cm³/mol. The molecule has 0 spiro atoms. The normalized spacial score (nSPS) is 13.6. The number of thiazole rings is 1. The molecule has 2 aromatic carbocycles. The van der Waals surface area contributed by atoms with Crippen molar-refractivity contribution < 1.29 is 23.0 Å². The first-order chi connectivity index (χ1) is 23.9. The first-order valence-corrected chi connectivity index (χ1v) is 19.5. The lowest BCUT2D eigenvalue weighted by Gasteiger charge is -2.29. The average Bonchev–Trinajstić information content (AvgIpc) is 3.88. The molecule has 1 saturated heterocycles. The summed E-state index contributed by atoms with van der Waals surface area (Å²) in [6.45, 7) is 8.09. The molecule has 0 unspecified atom stereocenters. The fourth-order valence-electron chi connectivity index (χ4n) is 5.68. The van der Waals surface area contributed by atoms with E-state index >= 15 is 4.39 Å². The number of hydrogen-bond donors (Lipinski definition) is 0. The maximum absolute atomic E-state index is 15.2. The van der Waals surface area contributed by atoms with Crippen LogP contribution < -0.4 is 14.5 Å². The highest BCUT2D eigenvalue weighted by Gasteiger charge is 2.26. The molecule has 12 nitrogen and oxygen atoms in total. The molecule has 0 amide bonds. The van der Waals surface area contributed by atoms with E-state index in [1.807, 2.05) is 33.7 Å². The van der Waals surface area contributed by atoms with Gasteiger partial charge in [0, 0.05) is 41.2 Å². The van der Waals surface area contributed by atoms with Crippen LogP contribution in [0.25, 0.3) is 27.1 Å². The molecule has 4 aromatic heterocycles. The smallest absolute Gasteiger partial charge is 0.232 e. The molecule has 1 aliphatic rings. The third-order valence-corrected chi connectivity index (χ3v) is 10.3. The Bertz CT molecular complexity index is 2030. The van der Waals surface area contributed by atoms with Gasteiger partial charge < -0.3 is 28.6 Å². The molecule has 5 heterocycles. The van der Waals surface area contributed by atoms with Gasteiger partial charge >= 0.3 is 0 Å². The summed E-state index contributed by atoms with van der Waals surface area (Å²) < 4.78 is 50.3. The molecule has 0 N–H and O–H groups in total. The molecule has 1 radical (unpaired) electrons. The van der Waals surface area contributed by atoms with Gasteiger partial charge in [0.15, 0.2) is 17.3 Å². The Balaban J connectivity index is 1.37. The van der Waals surface area contributed by atoms with Crippen LogP contribution in [0, 0.1) is 11.6 Å². The lowest BCUT2D eigenvalue weighted by molar-refractivity contribution is 0.0882. The van der Waals surface area contributed by atoms with Gasteiger partial charge in [0.05, 0.1) is 54.5 Å². The topological polar surface area (TPSA) is 108 Å². The van der Waals surface area contributed by atoms with Crippen molar-refractivity contribution in [1.29, 1.82) is 0 Å². The number of rotatable bonds is 13. The standard InChI is InChI=1S/C33H36F2N9O3SSi/c1-45-23-6-4-22(5-7-23)18-42(19-28-38-30-26(9-8-25(34)29(30)35)43(28)21-47-14-15-49(2)3)33-40-32(41-10-12-46-13-11-41)39-31-24(16-37-44(31)33)27-17-36-20-48-27/h4-9,16-17,20H,10-15,18-19,21H2,1-3H3. The molecule has 7 rings (SSSR count). The van der Waals surface area contributed by atoms with E-state index < -0.39 is 20.4 Å². The fourth-order valence-corrected chi connectivity index (χ4v) is 6.86. The van der Waals surface area contributed by atoms with Crippen molar-refractivity contribution in [3.05, 3.63) is 77.3 Å². The Morgan fingerprint density at radius 1 is 1.00 bits per heavy atom. The molecule has 0 aliphatic carbocycles. The van der Waals surface area contributed by atoms with Crippen LogP contribution in [0.15, 0.2) is 54.3 Å². The van der Waals surface area contributed by atoms with Crippen LogP contribution in [-0.2, 0) is 29.3 Å². The maximum Gasteiger partial charge on any atom is 0.232 e. The van der Waals surface area contributed by atoms with Gasteiger partial charge in [0.1, 0.15) is 23.8 Å². The van der Waals surface area contributed by atoms with Gasteiger partial charge in [0.2, 0.25) is 11.9 Å². The molecule has 255 valence electrons. The van der Waals surface area contributed by atoms with Gasteiger partial charge in [-0.25, -0.2) is 13.8 Å². The molecule has 6 aromatic rings. The predicted octanol–water partition coefficient (Wildman–Crippen LogP) is 5.66. The molecule has 0 atom stereocenters. The maximum atomic E-state index is 15.2. The minimum atomic E-state index is -0.993. The summed E-state index contributed by atoms with van der Waals surface area (Å²) in [7, 11) is 1.13. The van der Waals surface area contributed by atoms with Crippen molar-refractivity contribution >= 4 is 48.7 Å². The molecule has 0 saturated carbocycles. The molecule has 16 heteroatoms. The highest BCUT2D eigenvalue weighted by Crippen LogP contribution is 2.32. The van der Waals surface area contributed by atoms with Crippen molar-refractivity contribution in [3.8, 4) is 16.2 Å². The van der Waals surface area contributed by atoms with E-state index in [0.29, 0.717) is 68.3 Å². The third-order valence-electron chi connectivity index (χ3n) is 8.34. The summed E-state index contributed by atoms with van der Waals surface area (Å²) in [4.78, 5) is 24.1. The van der Waals surface area contributed by atoms with E-state index in [1.54, 1.807) is 35.6 Å². The lowest BCUT2D eigenvalue weighted by Crippen LogP contribution is -2.38. The van der Waals surface area contributed by atoms with E-state index in [2.05, 4.69) is 28.0 Å². The second-order valence-electron chi connectivity index (χ2n) is 12.0. The second-order valence-corrected chi connectivity index (χ2v) is 15.8. The summed E-state index contributed by atoms with van der Waals surface area (Å²) >= 11 is 1.50. The van der Waals surface area contributed by atoms with Crippen LogP contribution in [-0.4, -0.2) is 82.9 Å². The fraction of sp³-hybridized carbons (Fsp3) is 0.364. The zero-order valence-electron chi connectivity index (χ0n) is 27.5. The van der Waals surface area contributed by atoms with Crippen molar-refractivity contribution in [1.82, 2.24) is 34.1 Å². The minimum absolute atomic E-state index is 0.0489. The van der Waals surface area contributed by atoms with Gasteiger partial charge in [0.25, 0.3) is 0 Å². The number of methoxy groups -OCH3 is 1. The van der Waals surface area contributed by atoms with Gasteiger partial charge in [-0.05, 0) is 35.9 Å². The van der Waals surface area contributed by atoms with Crippen LogP contribution in [0.5, 0.6) is 5.75 Å². The van der Waals surface area contributed by atoms with E-state index in [4.69, 9.17) is 29.3 Å². The number of ether oxygens (including phenoxy) is 3. The van der Waals surface area contributed by atoms with Crippen LogP contribution in [0.3, 0.4) is 0 Å². The number of fused-ring (bicyclic) bond motifs is 2. The Labute approximate surface area is 287 Å². The molecule has 49 heavy (non-hydrogen) atoms. The van der Waals surface area contributed by atoms with Crippen molar-refractivity contribution in [2.24, 2.45) is 0 Å². The summed E-state index contributed by atoms with van der Waals surface area (Å²) in [6, 6.07) is 11.4. The summed E-state index contributed by atoms with van der Waals surface area (Å²) in [5, 5.41) is 4.77. The monoisotopic (exact) mass is 704 g/mol. The number of halogens is 2. The first-order valence-electron chi connectivity index (χ1n) is 15.9. The van der Waals surface area contributed by atoms with E-state index in [1.165, 1.54) is 11.3 Å². The minimum Gasteiger partial charge on any atom is -0.497 e. The summed E-state index contributed by atoms with van der Waals surface area (Å²) in [5.74, 6) is 0.319. The third kappa shape index (κ3) is 6.99. The van der Waals surface area contributed by atoms with Gasteiger partial charge in [-0.1, -0.05) is 25.2 Å². The van der Waals surface area contributed by atoms with Crippen LogP contribution in [0.1, 0.15) is 11.4 Å². The second kappa shape index (κ2) is 14.5. The number of nitrogens with zero attached hydrogens (tertiary/aromatic N) is 9. The quantitative estimate of drug-likeness (QED) is 0.111. The van der Waals surface area contributed by atoms with E-state index in [9.17, 15) is 4.39 Å². The van der Waals surface area contributed by atoms with Crippen LogP contribution in [0.2, 0.25) is 19.1 Å². The molecule has 1 fully saturated rings. The Morgan fingerprint density at radius 2 is 1.82 bits per heavy atom. The SMILES string of the molecule is COc1ccc(CN(Cc2nc3c(F)c(F)ccc3n2COCC[Si](C)C)c2nc(N3CCOCC3)nc3c(-c4cncs4)cnn23)cc1. The molecule has 1 aliphatic heterocycles. The summed E-state index contributed by atoms with van der Waals surface area (Å²) in [6.07, 6.45) is 3.57. The van der Waals surface area contributed by atoms with Crippen molar-refractivity contribution in [2.75, 3.05) is 49.8 Å². The Hall–Kier alpha value is -4.51. The number of hydrogen-bond acceptors (Lipinski definition) is 11. The number of aromatic nitrogens is 7. The number of morpholine rings is 1. The first kappa shape index (κ1) is 33.0. The highest BCUT2D eigenvalue weighted by molar-refractivity contribution is 7.13. The lowest BCUT2D eigenvalue weighted by atomic mass is 10.2. The zero-order valence-corrected chi connectivity index (χ0v) is 29.3. The number of imidazole rings is 1. The number of benzene rings is 2. The van der Waals surface area contributed by atoms with Gasteiger partial charge in [-0.15, -0.1) is 11.3 Å². The number of anilines is 2. The van der Waals surface area contributed by atoms with Gasteiger partial charge in [-0.2, -0.15) is 19.6 Å². The largest absolute Gasteiger partial charge is 0.497 e. The van der Waals surface area contributed by atoms with E-state index in [0.717, 1.165) is 33.9 Å². The molecular weight excluding hydrogens is 669 g/mol.